The summed E-state index contributed by atoms with van der Waals surface area (Å²) in [4.78, 5) is 30.0. The maximum absolute atomic E-state index is 13.8. The molecule has 178 valence electrons. The first-order valence-electron chi connectivity index (χ1n) is 11.5. The van der Waals surface area contributed by atoms with Crippen molar-refractivity contribution in [1.29, 1.82) is 0 Å². The molecule has 0 unspecified atom stereocenters. The number of aromatic nitrogens is 1. The standard InChI is InChI=1S/C28H21N3O4S/c1-35-21-7-4-6-19(16-21)26-23-14-11-18-5-2-3-8-22(18)25(23)29-28-30(26)27(32)24(36-28)15-17-9-12-20(13-10-17)31(33)34/h2-10,12-13,15-16,26H,11,14H2,1H3/b24-15+/t26-/m0/s1. The fraction of sp³-hybridized carbons (Fsp3) is 0.143. The zero-order valence-electron chi connectivity index (χ0n) is 19.4. The molecule has 1 atom stereocenters. The molecule has 2 aliphatic rings. The second-order valence-electron chi connectivity index (χ2n) is 8.74. The summed E-state index contributed by atoms with van der Waals surface area (Å²) in [5.74, 6) is 0.732. The minimum Gasteiger partial charge on any atom is -0.497 e. The second kappa shape index (κ2) is 8.73. The van der Waals surface area contributed by atoms with Gasteiger partial charge in [0.25, 0.3) is 11.2 Å². The molecule has 7 nitrogen and oxygen atoms in total. The maximum atomic E-state index is 13.8. The van der Waals surface area contributed by atoms with Crippen LogP contribution in [0.1, 0.15) is 34.7 Å². The smallest absolute Gasteiger partial charge is 0.271 e. The van der Waals surface area contributed by atoms with E-state index in [2.05, 4.69) is 12.1 Å². The van der Waals surface area contributed by atoms with Crippen molar-refractivity contribution in [3.8, 4) is 5.75 Å². The quantitative estimate of drug-likeness (QED) is 0.313. The second-order valence-corrected chi connectivity index (χ2v) is 9.75. The van der Waals surface area contributed by atoms with Crippen molar-refractivity contribution in [2.45, 2.75) is 18.9 Å². The Hall–Kier alpha value is -4.30. The third kappa shape index (κ3) is 3.67. The molecule has 4 aromatic rings. The van der Waals surface area contributed by atoms with Gasteiger partial charge < -0.3 is 4.74 Å². The Morgan fingerprint density at radius 1 is 1.08 bits per heavy atom. The van der Waals surface area contributed by atoms with Crippen molar-refractivity contribution >= 4 is 28.8 Å². The molecule has 0 N–H and O–H groups in total. The highest BCUT2D eigenvalue weighted by Gasteiger charge is 2.32. The predicted molar refractivity (Wildman–Crippen MR) is 139 cm³/mol. The van der Waals surface area contributed by atoms with Crippen LogP contribution in [0.25, 0.3) is 11.8 Å². The van der Waals surface area contributed by atoms with Crippen molar-refractivity contribution in [2.24, 2.45) is 4.99 Å². The molecule has 0 spiro atoms. The molecule has 0 bridgehead atoms. The Bertz CT molecular complexity index is 1730. The summed E-state index contributed by atoms with van der Waals surface area (Å²) in [6.45, 7) is 0. The number of benzene rings is 3. The SMILES string of the molecule is COc1cccc([C@H]2C3=C(N=c4s/c(=C/c5ccc([N+](=O)[O-])cc5)c(=O)n42)c2ccccc2CC3)c1. The summed E-state index contributed by atoms with van der Waals surface area (Å²) >= 11 is 1.34. The Labute approximate surface area is 210 Å². The van der Waals surface area contributed by atoms with E-state index < -0.39 is 4.92 Å². The molecule has 1 aliphatic carbocycles. The predicted octanol–water partition coefficient (Wildman–Crippen LogP) is 4.24. The lowest BCUT2D eigenvalue weighted by Gasteiger charge is -2.31. The number of ether oxygens (including phenoxy) is 1. The van der Waals surface area contributed by atoms with Crippen LogP contribution in [0.15, 0.2) is 88.2 Å². The van der Waals surface area contributed by atoms with Gasteiger partial charge in [0.2, 0.25) is 0 Å². The van der Waals surface area contributed by atoms with Crippen LogP contribution in [-0.4, -0.2) is 16.6 Å². The maximum Gasteiger partial charge on any atom is 0.271 e. The lowest BCUT2D eigenvalue weighted by molar-refractivity contribution is -0.384. The molecule has 2 heterocycles. The van der Waals surface area contributed by atoms with Gasteiger partial charge in [-0.3, -0.25) is 19.5 Å². The third-order valence-corrected chi connectivity index (χ3v) is 7.67. The van der Waals surface area contributed by atoms with E-state index >= 15 is 0 Å². The van der Waals surface area contributed by atoms with E-state index in [0.29, 0.717) is 9.33 Å². The number of methoxy groups -OCH3 is 1. The van der Waals surface area contributed by atoms with Crippen molar-refractivity contribution in [2.75, 3.05) is 7.11 Å². The highest BCUT2D eigenvalue weighted by Crippen LogP contribution is 2.41. The van der Waals surface area contributed by atoms with Crippen LogP contribution in [0, 0.1) is 10.1 Å². The number of fused-ring (bicyclic) bond motifs is 3. The number of thiazole rings is 1. The number of nitro benzene ring substituents is 1. The van der Waals surface area contributed by atoms with Crippen LogP contribution < -0.4 is 19.6 Å². The number of hydrogen-bond acceptors (Lipinski definition) is 6. The molecular formula is C28H21N3O4S. The molecule has 0 fully saturated rings. The number of nitrogens with zero attached hydrogens (tertiary/aromatic N) is 3. The summed E-state index contributed by atoms with van der Waals surface area (Å²) in [5, 5.41) is 11.0. The molecule has 6 rings (SSSR count). The Kier molecular flexibility index (Phi) is 5.38. The molecule has 0 amide bonds. The molecule has 0 radical (unpaired) electrons. The fourth-order valence-electron chi connectivity index (χ4n) is 4.98. The van der Waals surface area contributed by atoms with E-state index in [1.54, 1.807) is 29.9 Å². The molecule has 0 saturated heterocycles. The minimum atomic E-state index is -0.436. The molecule has 3 aromatic carbocycles. The minimum absolute atomic E-state index is 0.0120. The van der Waals surface area contributed by atoms with Crippen LogP contribution in [0.4, 0.5) is 5.69 Å². The molecule has 0 saturated carbocycles. The van der Waals surface area contributed by atoms with Gasteiger partial charge in [-0.1, -0.05) is 47.7 Å². The topological polar surface area (TPSA) is 86.7 Å². The lowest BCUT2D eigenvalue weighted by Crippen LogP contribution is -2.38. The summed E-state index contributed by atoms with van der Waals surface area (Å²) in [6, 6.07) is 22.0. The zero-order chi connectivity index (χ0) is 24.8. The summed E-state index contributed by atoms with van der Waals surface area (Å²) in [5.41, 5.74) is 6.00. The van der Waals surface area contributed by atoms with Crippen LogP contribution in [0.3, 0.4) is 0 Å². The van der Waals surface area contributed by atoms with Gasteiger partial charge in [0.1, 0.15) is 5.75 Å². The summed E-state index contributed by atoms with van der Waals surface area (Å²) < 4.78 is 7.80. The van der Waals surface area contributed by atoms with Crippen LogP contribution >= 0.6 is 11.3 Å². The van der Waals surface area contributed by atoms with E-state index in [9.17, 15) is 14.9 Å². The zero-order valence-corrected chi connectivity index (χ0v) is 20.2. The van der Waals surface area contributed by atoms with Gasteiger partial charge in [0, 0.05) is 17.7 Å². The van der Waals surface area contributed by atoms with Gasteiger partial charge in [-0.2, -0.15) is 0 Å². The van der Waals surface area contributed by atoms with Gasteiger partial charge in [-0.15, -0.1) is 0 Å². The monoisotopic (exact) mass is 495 g/mol. The number of allylic oxidation sites excluding steroid dienone is 1. The van der Waals surface area contributed by atoms with Gasteiger partial charge >= 0.3 is 0 Å². The molecule has 1 aliphatic heterocycles. The van der Waals surface area contributed by atoms with Crippen LogP contribution in [0.2, 0.25) is 0 Å². The van der Waals surface area contributed by atoms with Crippen LogP contribution in [0.5, 0.6) is 5.75 Å². The number of nitro groups is 1. The van der Waals surface area contributed by atoms with Gasteiger partial charge in [-0.05, 0) is 65.4 Å². The average Bonchev–Trinajstić information content (AvgIpc) is 3.22. The Morgan fingerprint density at radius 2 is 1.89 bits per heavy atom. The Morgan fingerprint density at radius 3 is 2.67 bits per heavy atom. The first kappa shape index (κ1) is 22.2. The van der Waals surface area contributed by atoms with E-state index in [4.69, 9.17) is 9.73 Å². The number of rotatable bonds is 4. The number of aryl methyl sites for hydroxylation is 1. The van der Waals surface area contributed by atoms with Crippen molar-refractivity contribution in [3.05, 3.63) is 130 Å². The summed E-state index contributed by atoms with van der Waals surface area (Å²) in [6.07, 6.45) is 3.47. The normalized spacial score (nSPS) is 16.6. The Balaban J connectivity index is 1.58. The van der Waals surface area contributed by atoms with Gasteiger partial charge in [0.15, 0.2) is 4.80 Å². The average molecular weight is 496 g/mol. The summed E-state index contributed by atoms with van der Waals surface area (Å²) in [7, 11) is 1.64. The van der Waals surface area contributed by atoms with Crippen molar-refractivity contribution in [3.63, 3.8) is 0 Å². The molecule has 36 heavy (non-hydrogen) atoms. The lowest BCUT2D eigenvalue weighted by atomic mass is 9.83. The van der Waals surface area contributed by atoms with Gasteiger partial charge in [-0.25, -0.2) is 4.99 Å². The molecule has 8 heteroatoms. The van der Waals surface area contributed by atoms with E-state index in [1.165, 1.54) is 29.0 Å². The first-order valence-corrected chi connectivity index (χ1v) is 12.4. The van der Waals surface area contributed by atoms with Crippen molar-refractivity contribution in [1.82, 2.24) is 4.57 Å². The largest absolute Gasteiger partial charge is 0.497 e. The highest BCUT2D eigenvalue weighted by molar-refractivity contribution is 7.07. The van der Waals surface area contributed by atoms with Gasteiger partial charge in [0.05, 0.1) is 28.3 Å². The number of hydrogen-bond donors (Lipinski definition) is 0. The highest BCUT2D eigenvalue weighted by atomic mass is 32.1. The fourth-order valence-corrected chi connectivity index (χ4v) is 5.98. The van der Waals surface area contributed by atoms with Crippen LogP contribution in [-0.2, 0) is 6.42 Å². The first-order chi connectivity index (χ1) is 17.5. The van der Waals surface area contributed by atoms with E-state index in [0.717, 1.165) is 46.6 Å². The van der Waals surface area contributed by atoms with E-state index in [1.807, 2.05) is 36.4 Å². The van der Waals surface area contributed by atoms with E-state index in [-0.39, 0.29) is 17.3 Å². The molecule has 1 aromatic heterocycles. The third-order valence-electron chi connectivity index (χ3n) is 6.68. The molecular weight excluding hydrogens is 474 g/mol. The number of non-ortho nitro benzene ring substituents is 1. The van der Waals surface area contributed by atoms with Crippen molar-refractivity contribution < 1.29 is 9.66 Å².